The molecule has 0 aromatic heterocycles. The smallest absolute Gasteiger partial charge is 0.308 e. The van der Waals surface area contributed by atoms with Crippen LogP contribution in [0.15, 0.2) is 23.8 Å². The molecule has 1 fully saturated rings. The Balaban J connectivity index is 1.77. The van der Waals surface area contributed by atoms with Crippen LogP contribution < -0.4 is 0 Å². The highest BCUT2D eigenvalue weighted by Crippen LogP contribution is 2.45. The lowest BCUT2D eigenvalue weighted by atomic mass is 9.65. The lowest BCUT2D eigenvalue weighted by Crippen LogP contribution is -2.42. The van der Waals surface area contributed by atoms with Gasteiger partial charge in [-0.3, -0.25) is 9.59 Å². The fourth-order valence-electron chi connectivity index (χ4n) is 5.07. The quantitative estimate of drug-likeness (QED) is 0.615. The molecule has 6 nitrogen and oxygen atoms in total. The number of aliphatic hydroxyl groups is 2. The van der Waals surface area contributed by atoms with Crippen molar-refractivity contribution < 1.29 is 29.3 Å². The van der Waals surface area contributed by atoms with Crippen molar-refractivity contribution in [2.75, 3.05) is 6.61 Å². The van der Waals surface area contributed by atoms with Crippen molar-refractivity contribution in [3.8, 4) is 0 Å². The Kier molecular flexibility index (Phi) is 7.75. The minimum atomic E-state index is -0.625. The number of hydrogen-bond acceptors (Lipinski definition) is 6. The van der Waals surface area contributed by atoms with Gasteiger partial charge in [0.25, 0.3) is 0 Å². The third kappa shape index (κ3) is 5.33. The number of carbonyl (C=O) groups excluding carboxylic acids is 2. The van der Waals surface area contributed by atoms with Gasteiger partial charge in [-0.15, -0.1) is 0 Å². The maximum Gasteiger partial charge on any atom is 0.308 e. The Morgan fingerprint density at radius 3 is 2.77 bits per heavy atom. The molecule has 3 rings (SSSR count). The molecule has 2 aliphatic carbocycles. The van der Waals surface area contributed by atoms with Crippen LogP contribution >= 0.6 is 0 Å². The van der Waals surface area contributed by atoms with Crippen molar-refractivity contribution in [2.45, 2.75) is 77.6 Å². The van der Waals surface area contributed by atoms with Gasteiger partial charge in [-0.25, -0.2) is 0 Å². The Labute approximate surface area is 179 Å². The molecule has 168 valence electrons. The van der Waals surface area contributed by atoms with Crippen LogP contribution in [0.4, 0.5) is 0 Å². The van der Waals surface area contributed by atoms with E-state index in [9.17, 15) is 19.8 Å². The van der Waals surface area contributed by atoms with E-state index in [4.69, 9.17) is 9.47 Å². The summed E-state index contributed by atoms with van der Waals surface area (Å²) < 4.78 is 11.4. The van der Waals surface area contributed by atoms with Crippen LogP contribution in [0.3, 0.4) is 0 Å². The molecule has 0 saturated carbocycles. The second-order valence-electron chi connectivity index (χ2n) is 9.32. The first kappa shape index (κ1) is 23.0. The number of allylic oxidation sites excluding steroid dienone is 2. The van der Waals surface area contributed by atoms with Gasteiger partial charge in [0.2, 0.25) is 0 Å². The summed E-state index contributed by atoms with van der Waals surface area (Å²) in [6.07, 6.45) is 8.69. The zero-order chi connectivity index (χ0) is 21.8. The van der Waals surface area contributed by atoms with E-state index < -0.39 is 6.10 Å². The first-order chi connectivity index (χ1) is 14.3. The van der Waals surface area contributed by atoms with Gasteiger partial charge in [0, 0.05) is 24.9 Å². The van der Waals surface area contributed by atoms with Crippen molar-refractivity contribution in [1.29, 1.82) is 0 Å². The molecule has 0 aromatic rings. The average molecular weight is 421 g/mol. The van der Waals surface area contributed by atoms with Gasteiger partial charge >= 0.3 is 11.9 Å². The number of carbonyl (C=O) groups is 2. The van der Waals surface area contributed by atoms with Crippen molar-refractivity contribution in [2.24, 2.45) is 29.6 Å². The van der Waals surface area contributed by atoms with E-state index in [1.807, 2.05) is 13.8 Å². The van der Waals surface area contributed by atoms with Gasteiger partial charge in [0.1, 0.15) is 12.2 Å². The molecule has 30 heavy (non-hydrogen) atoms. The predicted molar refractivity (Wildman–Crippen MR) is 112 cm³/mol. The Hall–Kier alpha value is -1.66. The monoisotopic (exact) mass is 420 g/mol. The first-order valence-electron chi connectivity index (χ1n) is 11.4. The molecule has 1 aliphatic heterocycles. The number of esters is 2. The summed E-state index contributed by atoms with van der Waals surface area (Å²) in [7, 11) is 0. The second-order valence-corrected chi connectivity index (χ2v) is 9.32. The van der Waals surface area contributed by atoms with Gasteiger partial charge in [0.15, 0.2) is 0 Å². The molecule has 1 saturated heterocycles. The van der Waals surface area contributed by atoms with Crippen molar-refractivity contribution in [3.05, 3.63) is 23.8 Å². The van der Waals surface area contributed by atoms with E-state index >= 15 is 0 Å². The van der Waals surface area contributed by atoms with Gasteiger partial charge in [-0.05, 0) is 43.1 Å². The van der Waals surface area contributed by atoms with Crippen LogP contribution in [-0.4, -0.2) is 47.1 Å². The number of cyclic esters (lactones) is 1. The lowest BCUT2D eigenvalue weighted by molar-refractivity contribution is -0.162. The van der Waals surface area contributed by atoms with E-state index in [1.165, 1.54) is 0 Å². The maximum atomic E-state index is 12.6. The molecule has 3 aliphatic rings. The Morgan fingerprint density at radius 1 is 1.33 bits per heavy atom. The minimum Gasteiger partial charge on any atom is -0.462 e. The number of hydrogen-bond donors (Lipinski definition) is 2. The summed E-state index contributed by atoms with van der Waals surface area (Å²) in [5, 5.41) is 19.6. The first-order valence-corrected chi connectivity index (χ1v) is 11.4. The lowest BCUT2D eigenvalue weighted by Gasteiger charge is -2.43. The zero-order valence-electron chi connectivity index (χ0n) is 18.3. The van der Waals surface area contributed by atoms with E-state index in [0.29, 0.717) is 25.2 Å². The van der Waals surface area contributed by atoms with Gasteiger partial charge in [-0.2, -0.15) is 0 Å². The molecule has 0 aromatic carbocycles. The van der Waals surface area contributed by atoms with E-state index in [-0.39, 0.29) is 60.8 Å². The van der Waals surface area contributed by atoms with Crippen LogP contribution in [0.1, 0.15) is 59.3 Å². The second kappa shape index (κ2) is 10.1. The highest BCUT2D eigenvalue weighted by Gasteiger charge is 2.42. The molecule has 0 bridgehead atoms. The number of aliphatic hydroxyl groups excluding tert-OH is 2. The summed E-state index contributed by atoms with van der Waals surface area (Å²) in [6, 6.07) is 0. The van der Waals surface area contributed by atoms with Crippen LogP contribution in [0.5, 0.6) is 0 Å². The third-order valence-corrected chi connectivity index (χ3v) is 7.05. The normalized spacial score (nSPS) is 37.0. The predicted octanol–water partition coefficient (Wildman–Crippen LogP) is 3.17. The number of fused-ring (bicyclic) bond motifs is 1. The number of rotatable bonds is 7. The standard InChI is InChI=1S/C24H36O6/c1-4-14(2)24(28)30-21-10-16(13-25)9-17-6-5-15(3)20(23(17)21)8-7-19-11-18(26)12-22(27)29-19/h5-6,9,14-16,18-21,23,25-26H,4,7-8,10-13H2,1-3H3/t14-,15-,16+,18+,19+,20-,21-,23-/m0/s1. The van der Waals surface area contributed by atoms with Crippen LogP contribution in [0.2, 0.25) is 0 Å². The van der Waals surface area contributed by atoms with E-state index in [1.54, 1.807) is 0 Å². The molecular weight excluding hydrogens is 384 g/mol. The van der Waals surface area contributed by atoms with Crippen LogP contribution in [0, 0.1) is 29.6 Å². The zero-order valence-corrected chi connectivity index (χ0v) is 18.3. The van der Waals surface area contributed by atoms with E-state index in [0.717, 1.165) is 18.4 Å². The number of ether oxygens (including phenoxy) is 2. The molecule has 2 N–H and O–H groups in total. The molecule has 0 unspecified atom stereocenters. The minimum absolute atomic E-state index is 0.0147. The summed E-state index contributed by atoms with van der Waals surface area (Å²) in [5.41, 5.74) is 1.13. The topological polar surface area (TPSA) is 93.1 Å². The molecule has 0 spiro atoms. The molecule has 1 heterocycles. The third-order valence-electron chi connectivity index (χ3n) is 7.05. The average Bonchev–Trinajstić information content (AvgIpc) is 2.71. The fraction of sp³-hybridized carbons (Fsp3) is 0.750. The summed E-state index contributed by atoms with van der Waals surface area (Å²) in [5.74, 6) is -0.0556. The Bertz CT molecular complexity index is 683. The van der Waals surface area contributed by atoms with Crippen molar-refractivity contribution in [3.63, 3.8) is 0 Å². The van der Waals surface area contributed by atoms with Gasteiger partial charge < -0.3 is 19.7 Å². The molecule has 0 amide bonds. The molecule has 0 radical (unpaired) electrons. The maximum absolute atomic E-state index is 12.6. The fourth-order valence-corrected chi connectivity index (χ4v) is 5.07. The van der Waals surface area contributed by atoms with E-state index in [2.05, 4.69) is 25.2 Å². The highest BCUT2D eigenvalue weighted by molar-refractivity contribution is 5.72. The van der Waals surface area contributed by atoms with Gasteiger partial charge in [0.05, 0.1) is 18.4 Å². The molecule has 8 atom stereocenters. The summed E-state index contributed by atoms with van der Waals surface area (Å²) >= 11 is 0. The largest absolute Gasteiger partial charge is 0.462 e. The van der Waals surface area contributed by atoms with Crippen molar-refractivity contribution in [1.82, 2.24) is 0 Å². The van der Waals surface area contributed by atoms with Crippen LogP contribution in [-0.2, 0) is 19.1 Å². The van der Waals surface area contributed by atoms with Crippen molar-refractivity contribution >= 4 is 11.9 Å². The summed E-state index contributed by atoms with van der Waals surface area (Å²) in [6.45, 7) is 6.07. The summed E-state index contributed by atoms with van der Waals surface area (Å²) in [4.78, 5) is 24.2. The van der Waals surface area contributed by atoms with Gasteiger partial charge in [-0.1, -0.05) is 39.0 Å². The highest BCUT2D eigenvalue weighted by atomic mass is 16.5. The molecule has 6 heteroatoms. The molecular formula is C24H36O6. The van der Waals surface area contributed by atoms with Crippen LogP contribution in [0.25, 0.3) is 0 Å². The Morgan fingerprint density at radius 2 is 2.10 bits per heavy atom. The SMILES string of the molecule is CC[C@H](C)C(=O)O[C@H]1C[C@H](CO)C=C2C=C[C@H](C)[C@H](CC[C@@H]3C[C@@H](O)CC(=O)O3)[C@H]21.